The predicted octanol–water partition coefficient (Wildman–Crippen LogP) is 0.895. The Balaban J connectivity index is 2.99. The number of carbonyl (C=O) groups is 1. The zero-order valence-corrected chi connectivity index (χ0v) is 6.68. The first-order chi connectivity index (χ1) is 5.24. The van der Waals surface area contributed by atoms with Gasteiger partial charge in [-0.3, -0.25) is 4.79 Å². The molecule has 1 heterocycles. The third kappa shape index (κ3) is 1.88. The highest BCUT2D eigenvalue weighted by molar-refractivity contribution is 7.07. The standard InChI is InChI=1S/C7H6O3S/c1-10-7(9)5-2-3-6(8)11-4-5/h2-4H,1H3. The van der Waals surface area contributed by atoms with E-state index in [1.165, 1.54) is 24.6 Å². The first-order valence-corrected chi connectivity index (χ1v) is 3.79. The maximum absolute atomic E-state index is 10.8. The van der Waals surface area contributed by atoms with Gasteiger partial charge in [0, 0.05) is 5.38 Å². The van der Waals surface area contributed by atoms with Gasteiger partial charge in [0.15, 0.2) is 0 Å². The molecular weight excluding hydrogens is 164 g/mol. The fourth-order valence-corrected chi connectivity index (χ4v) is 1.16. The lowest BCUT2D eigenvalue weighted by Crippen LogP contribution is -2.02. The van der Waals surface area contributed by atoms with Crippen LogP contribution in [0.25, 0.3) is 0 Å². The van der Waals surface area contributed by atoms with Crippen LogP contribution in [0.3, 0.4) is 0 Å². The van der Waals surface area contributed by atoms with Crippen molar-refractivity contribution in [3.63, 3.8) is 0 Å². The molecule has 0 fully saturated rings. The molecule has 0 saturated heterocycles. The quantitative estimate of drug-likeness (QED) is 0.588. The maximum Gasteiger partial charge on any atom is 0.338 e. The lowest BCUT2D eigenvalue weighted by Gasteiger charge is -1.94. The molecule has 1 aromatic heterocycles. The second-order valence-electron chi connectivity index (χ2n) is 1.83. The molecule has 11 heavy (non-hydrogen) atoms. The van der Waals surface area contributed by atoms with E-state index in [0.29, 0.717) is 5.56 Å². The molecule has 0 N–H and O–H groups in total. The summed E-state index contributed by atoms with van der Waals surface area (Å²) in [6.45, 7) is 0. The van der Waals surface area contributed by atoms with Crippen LogP contribution in [0, 0.1) is 0 Å². The van der Waals surface area contributed by atoms with Crippen molar-refractivity contribution in [3.8, 4) is 0 Å². The van der Waals surface area contributed by atoms with E-state index in [0.717, 1.165) is 11.3 Å². The van der Waals surface area contributed by atoms with Gasteiger partial charge in [-0.2, -0.15) is 0 Å². The zero-order valence-electron chi connectivity index (χ0n) is 5.87. The van der Waals surface area contributed by atoms with Gasteiger partial charge < -0.3 is 4.74 Å². The Labute approximate surface area is 67.2 Å². The summed E-state index contributed by atoms with van der Waals surface area (Å²) >= 11 is 0.981. The number of carbonyl (C=O) groups excluding carboxylic acids is 1. The molecule has 0 amide bonds. The first-order valence-electron chi connectivity index (χ1n) is 2.91. The van der Waals surface area contributed by atoms with Gasteiger partial charge in [-0.25, -0.2) is 4.79 Å². The summed E-state index contributed by atoms with van der Waals surface area (Å²) in [5.74, 6) is -0.416. The summed E-state index contributed by atoms with van der Waals surface area (Å²) in [7, 11) is 1.30. The lowest BCUT2D eigenvalue weighted by molar-refractivity contribution is 0.0601. The van der Waals surface area contributed by atoms with E-state index in [2.05, 4.69) is 4.74 Å². The van der Waals surface area contributed by atoms with Gasteiger partial charge in [0.05, 0.1) is 12.7 Å². The molecule has 58 valence electrons. The minimum absolute atomic E-state index is 0.0716. The van der Waals surface area contributed by atoms with Gasteiger partial charge in [0.25, 0.3) is 0 Å². The third-order valence-corrected chi connectivity index (χ3v) is 1.86. The van der Waals surface area contributed by atoms with Gasteiger partial charge >= 0.3 is 5.97 Å². The largest absolute Gasteiger partial charge is 0.465 e. The second kappa shape index (κ2) is 3.30. The molecule has 0 aromatic carbocycles. The number of hydrogen-bond donors (Lipinski definition) is 0. The summed E-state index contributed by atoms with van der Waals surface area (Å²) in [6.07, 6.45) is 0. The van der Waals surface area contributed by atoms with Crippen LogP contribution in [0.1, 0.15) is 10.4 Å². The smallest absolute Gasteiger partial charge is 0.338 e. The molecule has 0 atom stereocenters. The molecule has 0 spiro atoms. The Morgan fingerprint density at radius 3 is 2.73 bits per heavy atom. The van der Waals surface area contributed by atoms with Crippen molar-refractivity contribution in [3.05, 3.63) is 32.6 Å². The lowest BCUT2D eigenvalue weighted by atomic mass is 10.3. The highest BCUT2D eigenvalue weighted by Gasteiger charge is 2.02. The first kappa shape index (κ1) is 7.94. The number of methoxy groups -OCH3 is 1. The molecule has 1 rings (SSSR count). The van der Waals surface area contributed by atoms with Gasteiger partial charge in [-0.15, -0.1) is 11.3 Å². The topological polar surface area (TPSA) is 43.4 Å². The monoisotopic (exact) mass is 170 g/mol. The summed E-state index contributed by atoms with van der Waals surface area (Å²) in [5, 5.41) is 1.48. The van der Waals surface area contributed by atoms with E-state index < -0.39 is 5.97 Å². The Hall–Kier alpha value is -1.16. The minimum atomic E-state index is -0.416. The molecule has 3 nitrogen and oxygen atoms in total. The van der Waals surface area contributed by atoms with E-state index in [4.69, 9.17) is 0 Å². The zero-order chi connectivity index (χ0) is 8.27. The summed E-state index contributed by atoms with van der Waals surface area (Å²) in [4.78, 5) is 21.4. The predicted molar refractivity (Wildman–Crippen MR) is 41.9 cm³/mol. The summed E-state index contributed by atoms with van der Waals surface area (Å²) < 4.78 is 4.37. The van der Waals surface area contributed by atoms with Crippen molar-refractivity contribution >= 4 is 17.3 Å². The van der Waals surface area contributed by atoms with Crippen LogP contribution in [0.4, 0.5) is 0 Å². The van der Waals surface area contributed by atoms with Crippen LogP contribution in [-0.4, -0.2) is 13.1 Å². The van der Waals surface area contributed by atoms with Crippen LogP contribution in [-0.2, 0) is 4.74 Å². The molecule has 0 bridgehead atoms. The fourth-order valence-electron chi connectivity index (χ4n) is 0.592. The average Bonchev–Trinajstić information content (AvgIpc) is 2.05. The summed E-state index contributed by atoms with van der Waals surface area (Å²) in [6, 6.07) is 2.79. The van der Waals surface area contributed by atoms with Gasteiger partial charge in [0.1, 0.15) is 0 Å². The molecular formula is C7H6O3S. The highest BCUT2D eigenvalue weighted by atomic mass is 32.1. The van der Waals surface area contributed by atoms with Crippen molar-refractivity contribution in [2.45, 2.75) is 0 Å². The van der Waals surface area contributed by atoms with Crippen LogP contribution in [0.5, 0.6) is 0 Å². The van der Waals surface area contributed by atoms with E-state index in [9.17, 15) is 9.59 Å². The van der Waals surface area contributed by atoms with Crippen molar-refractivity contribution in [2.75, 3.05) is 7.11 Å². The van der Waals surface area contributed by atoms with E-state index in [1.54, 1.807) is 0 Å². The van der Waals surface area contributed by atoms with Crippen LogP contribution < -0.4 is 4.74 Å². The molecule has 1 aromatic rings. The van der Waals surface area contributed by atoms with Crippen molar-refractivity contribution in [1.82, 2.24) is 0 Å². The Bertz CT molecular complexity index is 295. The molecule has 0 aliphatic heterocycles. The van der Waals surface area contributed by atoms with Crippen LogP contribution in [0.2, 0.25) is 0 Å². The van der Waals surface area contributed by atoms with Gasteiger partial charge in [0.2, 0.25) is 4.74 Å². The molecule has 0 radical (unpaired) electrons. The number of esters is 1. The van der Waals surface area contributed by atoms with Gasteiger partial charge in [-0.05, 0) is 12.1 Å². The van der Waals surface area contributed by atoms with Crippen molar-refractivity contribution in [1.29, 1.82) is 0 Å². The van der Waals surface area contributed by atoms with E-state index in [1.807, 2.05) is 0 Å². The highest BCUT2D eigenvalue weighted by Crippen LogP contribution is 2.00. The molecule has 0 aliphatic carbocycles. The minimum Gasteiger partial charge on any atom is -0.465 e. The Morgan fingerprint density at radius 1 is 1.55 bits per heavy atom. The molecule has 0 saturated carbocycles. The normalized spacial score (nSPS) is 9.18. The number of rotatable bonds is 1. The fraction of sp³-hybridized carbons (Fsp3) is 0.143. The van der Waals surface area contributed by atoms with Crippen molar-refractivity contribution in [2.24, 2.45) is 0 Å². The maximum atomic E-state index is 10.8. The van der Waals surface area contributed by atoms with E-state index in [-0.39, 0.29) is 4.74 Å². The SMILES string of the molecule is COC(=O)c1ccc(=O)sc1. The van der Waals surface area contributed by atoms with Gasteiger partial charge in [-0.1, -0.05) is 0 Å². The Kier molecular flexibility index (Phi) is 2.38. The van der Waals surface area contributed by atoms with Crippen LogP contribution in [0.15, 0.2) is 22.3 Å². The number of hydrogen-bond acceptors (Lipinski definition) is 4. The van der Waals surface area contributed by atoms with Crippen molar-refractivity contribution < 1.29 is 9.53 Å². The number of ether oxygens (including phenoxy) is 1. The third-order valence-electron chi connectivity index (χ3n) is 1.12. The summed E-state index contributed by atoms with van der Waals surface area (Å²) in [5.41, 5.74) is 0.414. The van der Waals surface area contributed by atoms with E-state index >= 15 is 0 Å². The molecule has 0 unspecified atom stereocenters. The average molecular weight is 170 g/mol. The second-order valence-corrected chi connectivity index (χ2v) is 2.71. The Morgan fingerprint density at radius 2 is 2.27 bits per heavy atom. The molecule has 4 heteroatoms. The molecule has 0 aliphatic rings. The van der Waals surface area contributed by atoms with Crippen LogP contribution >= 0.6 is 11.3 Å².